The van der Waals surface area contributed by atoms with Gasteiger partial charge in [0.1, 0.15) is 0 Å². The van der Waals surface area contributed by atoms with Crippen LogP contribution in [-0.2, 0) is 4.84 Å². The van der Waals surface area contributed by atoms with Crippen LogP contribution in [0.1, 0.15) is 33.1 Å². The van der Waals surface area contributed by atoms with Gasteiger partial charge in [-0.05, 0) is 12.8 Å². The Bertz CT molecular complexity index is 83.3. The van der Waals surface area contributed by atoms with E-state index in [2.05, 4.69) is 25.9 Å². The molecule has 0 bridgehead atoms. The average molecular weight is 143 g/mol. The van der Waals surface area contributed by atoms with Crippen molar-refractivity contribution < 1.29 is 4.84 Å². The van der Waals surface area contributed by atoms with Crippen molar-refractivity contribution in [1.29, 1.82) is 0 Å². The van der Waals surface area contributed by atoms with Crippen molar-refractivity contribution in [3.8, 4) is 0 Å². The number of nitrogens with one attached hydrogen (secondary N) is 1. The minimum absolute atomic E-state index is 0.336. The Balaban J connectivity index is 3.29. The molecule has 0 aliphatic rings. The van der Waals surface area contributed by atoms with Crippen LogP contribution in [-0.4, -0.2) is 6.10 Å². The molecule has 0 fully saturated rings. The summed E-state index contributed by atoms with van der Waals surface area (Å²) in [7, 11) is 0. The van der Waals surface area contributed by atoms with Crippen LogP contribution >= 0.6 is 0 Å². The van der Waals surface area contributed by atoms with Crippen LogP contribution in [0.5, 0.6) is 0 Å². The van der Waals surface area contributed by atoms with Crippen molar-refractivity contribution in [2.45, 2.75) is 39.2 Å². The summed E-state index contributed by atoms with van der Waals surface area (Å²) in [6.45, 7) is 7.76. The van der Waals surface area contributed by atoms with Crippen molar-refractivity contribution in [2.24, 2.45) is 0 Å². The third kappa shape index (κ3) is 4.39. The molecule has 0 aliphatic heterocycles. The number of rotatable bonds is 6. The maximum Gasteiger partial charge on any atom is 0.0851 e. The SMILES string of the molecule is C=CNOC(CC)CCC. The van der Waals surface area contributed by atoms with Crippen molar-refractivity contribution in [2.75, 3.05) is 0 Å². The van der Waals surface area contributed by atoms with Crippen molar-refractivity contribution in [1.82, 2.24) is 5.48 Å². The first-order chi connectivity index (χ1) is 4.85. The summed E-state index contributed by atoms with van der Waals surface area (Å²) in [6, 6.07) is 0. The third-order valence-corrected chi connectivity index (χ3v) is 1.38. The topological polar surface area (TPSA) is 21.3 Å². The fraction of sp³-hybridized carbons (Fsp3) is 0.750. The lowest BCUT2D eigenvalue weighted by atomic mass is 10.2. The molecule has 0 aromatic carbocycles. The van der Waals surface area contributed by atoms with E-state index >= 15 is 0 Å². The molecule has 1 atom stereocenters. The fourth-order valence-corrected chi connectivity index (χ4v) is 0.813. The number of hydrogen-bond acceptors (Lipinski definition) is 2. The molecule has 0 saturated heterocycles. The molecule has 10 heavy (non-hydrogen) atoms. The largest absolute Gasteiger partial charge is 0.275 e. The third-order valence-electron chi connectivity index (χ3n) is 1.38. The first-order valence-electron chi connectivity index (χ1n) is 3.87. The molecule has 0 aliphatic carbocycles. The average Bonchev–Trinajstić information content (AvgIpc) is 1.98. The molecule has 0 saturated carbocycles. The zero-order valence-corrected chi connectivity index (χ0v) is 6.89. The molecule has 0 spiro atoms. The fourth-order valence-electron chi connectivity index (χ4n) is 0.813. The van der Waals surface area contributed by atoms with Gasteiger partial charge in [-0.2, -0.15) is 0 Å². The first-order valence-corrected chi connectivity index (χ1v) is 3.87. The number of hydrogen-bond donors (Lipinski definition) is 1. The van der Waals surface area contributed by atoms with Crippen LogP contribution in [0.15, 0.2) is 12.8 Å². The van der Waals surface area contributed by atoms with Crippen LogP contribution in [0, 0.1) is 0 Å². The van der Waals surface area contributed by atoms with E-state index < -0.39 is 0 Å². The van der Waals surface area contributed by atoms with Gasteiger partial charge in [-0.3, -0.25) is 10.3 Å². The van der Waals surface area contributed by atoms with Gasteiger partial charge in [0.05, 0.1) is 6.10 Å². The molecule has 2 nitrogen and oxygen atoms in total. The number of hydroxylamine groups is 1. The molecule has 0 aromatic heterocycles. The van der Waals surface area contributed by atoms with Gasteiger partial charge in [-0.25, -0.2) is 0 Å². The molecule has 1 N–H and O–H groups in total. The highest BCUT2D eigenvalue weighted by Gasteiger charge is 2.02. The molecule has 0 amide bonds. The second kappa shape index (κ2) is 6.62. The lowest BCUT2D eigenvalue weighted by Crippen LogP contribution is -2.18. The lowest BCUT2D eigenvalue weighted by Gasteiger charge is -2.12. The van der Waals surface area contributed by atoms with Crippen LogP contribution in [0.25, 0.3) is 0 Å². The first kappa shape index (κ1) is 9.50. The van der Waals surface area contributed by atoms with E-state index in [9.17, 15) is 0 Å². The highest BCUT2D eigenvalue weighted by Crippen LogP contribution is 2.03. The predicted molar refractivity (Wildman–Crippen MR) is 43.4 cm³/mol. The van der Waals surface area contributed by atoms with Crippen molar-refractivity contribution in [3.05, 3.63) is 12.8 Å². The Morgan fingerprint density at radius 1 is 1.60 bits per heavy atom. The van der Waals surface area contributed by atoms with Crippen LogP contribution in [0.3, 0.4) is 0 Å². The van der Waals surface area contributed by atoms with E-state index in [4.69, 9.17) is 4.84 Å². The Labute approximate surface area is 63.2 Å². The van der Waals surface area contributed by atoms with E-state index in [0.29, 0.717) is 6.10 Å². The van der Waals surface area contributed by atoms with Gasteiger partial charge in [0, 0.05) is 6.20 Å². The van der Waals surface area contributed by atoms with Crippen molar-refractivity contribution in [3.63, 3.8) is 0 Å². The molecular formula is C8H17NO. The van der Waals surface area contributed by atoms with Gasteiger partial charge < -0.3 is 0 Å². The standard InChI is InChI=1S/C8H17NO/c1-4-7-8(5-2)10-9-6-3/h6,8-9H,3-5,7H2,1-2H3. The Hall–Kier alpha value is -0.500. The highest BCUT2D eigenvalue weighted by molar-refractivity contribution is 4.57. The molecule has 0 radical (unpaired) electrons. The normalized spacial score (nSPS) is 12.6. The summed E-state index contributed by atoms with van der Waals surface area (Å²) in [5.41, 5.74) is 2.65. The summed E-state index contributed by atoms with van der Waals surface area (Å²) in [6.07, 6.45) is 5.21. The maximum absolute atomic E-state index is 5.21. The Morgan fingerprint density at radius 2 is 2.30 bits per heavy atom. The van der Waals surface area contributed by atoms with Gasteiger partial charge in [0.25, 0.3) is 0 Å². The summed E-state index contributed by atoms with van der Waals surface area (Å²) in [5.74, 6) is 0. The van der Waals surface area contributed by atoms with Gasteiger partial charge in [-0.1, -0.05) is 26.8 Å². The van der Waals surface area contributed by atoms with E-state index in [0.717, 1.165) is 19.3 Å². The Kier molecular flexibility index (Phi) is 6.29. The minimum atomic E-state index is 0.336. The van der Waals surface area contributed by atoms with E-state index in [-0.39, 0.29) is 0 Å². The van der Waals surface area contributed by atoms with Crippen LogP contribution in [0.2, 0.25) is 0 Å². The molecule has 2 heteroatoms. The second-order valence-electron chi connectivity index (χ2n) is 2.26. The molecule has 0 rings (SSSR count). The quantitative estimate of drug-likeness (QED) is 0.576. The summed E-state index contributed by atoms with van der Waals surface area (Å²) in [5, 5.41) is 0. The maximum atomic E-state index is 5.21. The zero-order chi connectivity index (χ0) is 7.82. The summed E-state index contributed by atoms with van der Waals surface area (Å²) >= 11 is 0. The van der Waals surface area contributed by atoms with Gasteiger partial charge >= 0.3 is 0 Å². The molecule has 0 heterocycles. The molecule has 1 unspecified atom stereocenters. The monoisotopic (exact) mass is 143 g/mol. The van der Waals surface area contributed by atoms with E-state index in [1.54, 1.807) is 6.20 Å². The predicted octanol–water partition coefficient (Wildman–Crippen LogP) is 2.23. The van der Waals surface area contributed by atoms with Gasteiger partial charge in [0.15, 0.2) is 0 Å². The Morgan fingerprint density at radius 3 is 2.70 bits per heavy atom. The highest BCUT2D eigenvalue weighted by atomic mass is 16.7. The van der Waals surface area contributed by atoms with Gasteiger partial charge in [0.2, 0.25) is 0 Å². The lowest BCUT2D eigenvalue weighted by molar-refractivity contribution is -0.00768. The molecular weight excluding hydrogens is 126 g/mol. The van der Waals surface area contributed by atoms with Crippen LogP contribution < -0.4 is 5.48 Å². The summed E-state index contributed by atoms with van der Waals surface area (Å²) in [4.78, 5) is 5.21. The van der Waals surface area contributed by atoms with Gasteiger partial charge in [-0.15, -0.1) is 0 Å². The second-order valence-corrected chi connectivity index (χ2v) is 2.26. The smallest absolute Gasteiger partial charge is 0.0851 e. The molecule has 60 valence electrons. The molecule has 0 aromatic rings. The van der Waals surface area contributed by atoms with Crippen LogP contribution in [0.4, 0.5) is 0 Å². The minimum Gasteiger partial charge on any atom is -0.275 e. The zero-order valence-electron chi connectivity index (χ0n) is 6.89. The summed E-state index contributed by atoms with van der Waals surface area (Å²) < 4.78 is 0. The van der Waals surface area contributed by atoms with E-state index in [1.165, 1.54) is 0 Å². The van der Waals surface area contributed by atoms with Crippen molar-refractivity contribution >= 4 is 0 Å². The van der Waals surface area contributed by atoms with E-state index in [1.807, 2.05) is 0 Å².